The van der Waals surface area contributed by atoms with Crippen molar-refractivity contribution in [3.8, 4) is 11.5 Å². The molecule has 2 aromatic rings. The molecule has 0 unspecified atom stereocenters. The summed E-state index contributed by atoms with van der Waals surface area (Å²) < 4.78 is 0. The Morgan fingerprint density at radius 3 is 2.56 bits per heavy atom. The lowest BCUT2D eigenvalue weighted by Crippen LogP contribution is -2.03. The lowest BCUT2D eigenvalue weighted by Gasteiger charge is -2.11. The van der Waals surface area contributed by atoms with Gasteiger partial charge in [-0.15, -0.1) is 0 Å². The molecule has 0 fully saturated rings. The van der Waals surface area contributed by atoms with Crippen molar-refractivity contribution in [3.05, 3.63) is 47.5 Å². The smallest absolute Gasteiger partial charge is 0.122 e. The van der Waals surface area contributed by atoms with Crippen molar-refractivity contribution >= 4 is 11.4 Å². The molecule has 0 bridgehead atoms. The van der Waals surface area contributed by atoms with E-state index in [-0.39, 0.29) is 11.5 Å². The van der Waals surface area contributed by atoms with Crippen LogP contribution >= 0.6 is 0 Å². The van der Waals surface area contributed by atoms with Crippen molar-refractivity contribution in [1.82, 2.24) is 0 Å². The second-order valence-electron chi connectivity index (χ2n) is 4.20. The standard InChI is InChI=1S/C14H16N2O2/c1-9-5-6-10(7-14(9)18)16-8-11-12(15)3-2-4-13(11)17/h2-7,16-18H,8,15H2,1H3. The Bertz CT molecular complexity index is 547. The Labute approximate surface area is 106 Å². The van der Waals surface area contributed by atoms with Crippen LogP contribution in [-0.4, -0.2) is 10.2 Å². The van der Waals surface area contributed by atoms with Crippen LogP contribution < -0.4 is 11.1 Å². The maximum absolute atomic E-state index is 9.70. The fourth-order valence-electron chi connectivity index (χ4n) is 1.69. The van der Waals surface area contributed by atoms with Crippen LogP contribution in [-0.2, 0) is 6.54 Å². The molecule has 2 aromatic carbocycles. The van der Waals surface area contributed by atoms with Crippen molar-refractivity contribution in [3.63, 3.8) is 0 Å². The fraction of sp³-hybridized carbons (Fsp3) is 0.143. The molecule has 2 rings (SSSR count). The summed E-state index contributed by atoms with van der Waals surface area (Å²) >= 11 is 0. The third-order valence-corrected chi connectivity index (χ3v) is 2.87. The zero-order chi connectivity index (χ0) is 13.1. The van der Waals surface area contributed by atoms with Gasteiger partial charge in [-0.25, -0.2) is 0 Å². The van der Waals surface area contributed by atoms with Gasteiger partial charge in [-0.3, -0.25) is 0 Å². The van der Waals surface area contributed by atoms with E-state index in [1.165, 1.54) is 0 Å². The van der Waals surface area contributed by atoms with Crippen molar-refractivity contribution in [2.24, 2.45) is 0 Å². The minimum atomic E-state index is 0.166. The molecule has 4 heteroatoms. The van der Waals surface area contributed by atoms with Crippen molar-refractivity contribution < 1.29 is 10.2 Å². The molecule has 0 aliphatic carbocycles. The summed E-state index contributed by atoms with van der Waals surface area (Å²) in [6.45, 7) is 2.24. The molecule has 0 atom stereocenters. The molecule has 0 saturated heterocycles. The van der Waals surface area contributed by atoms with Crippen LogP contribution in [0.5, 0.6) is 11.5 Å². The average Bonchev–Trinajstić information content (AvgIpc) is 2.33. The third-order valence-electron chi connectivity index (χ3n) is 2.87. The van der Waals surface area contributed by atoms with E-state index in [0.29, 0.717) is 17.8 Å². The summed E-state index contributed by atoms with van der Waals surface area (Å²) in [6, 6.07) is 10.4. The van der Waals surface area contributed by atoms with E-state index < -0.39 is 0 Å². The highest BCUT2D eigenvalue weighted by molar-refractivity contribution is 5.57. The Morgan fingerprint density at radius 2 is 1.89 bits per heavy atom. The summed E-state index contributed by atoms with van der Waals surface area (Å²) in [4.78, 5) is 0. The molecule has 0 aliphatic heterocycles. The largest absolute Gasteiger partial charge is 0.508 e. The van der Waals surface area contributed by atoms with Crippen LogP contribution in [0.2, 0.25) is 0 Å². The van der Waals surface area contributed by atoms with Gasteiger partial charge in [0.15, 0.2) is 0 Å². The summed E-state index contributed by atoms with van der Waals surface area (Å²) in [7, 11) is 0. The third kappa shape index (κ3) is 2.48. The van der Waals surface area contributed by atoms with Crippen LogP contribution in [0.25, 0.3) is 0 Å². The first-order valence-corrected chi connectivity index (χ1v) is 5.68. The Kier molecular flexibility index (Phi) is 3.28. The van der Waals surface area contributed by atoms with Gasteiger partial charge in [-0.1, -0.05) is 12.1 Å². The number of hydrogen-bond donors (Lipinski definition) is 4. The number of nitrogen functional groups attached to an aromatic ring is 1. The minimum absolute atomic E-state index is 0.166. The van der Waals surface area contributed by atoms with E-state index in [1.54, 1.807) is 24.3 Å². The van der Waals surface area contributed by atoms with E-state index in [1.807, 2.05) is 19.1 Å². The zero-order valence-electron chi connectivity index (χ0n) is 10.1. The molecule has 0 aliphatic rings. The van der Waals surface area contributed by atoms with Gasteiger partial charge in [0.2, 0.25) is 0 Å². The SMILES string of the molecule is Cc1ccc(NCc2c(N)cccc2O)cc1O. The summed E-state index contributed by atoms with van der Waals surface area (Å²) in [5.41, 5.74) is 8.58. The number of nitrogens with one attached hydrogen (secondary N) is 1. The van der Waals surface area contributed by atoms with Crippen molar-refractivity contribution in [1.29, 1.82) is 0 Å². The molecular weight excluding hydrogens is 228 g/mol. The second-order valence-corrected chi connectivity index (χ2v) is 4.20. The average molecular weight is 244 g/mol. The fourth-order valence-corrected chi connectivity index (χ4v) is 1.69. The molecule has 0 spiro atoms. The zero-order valence-corrected chi connectivity index (χ0v) is 10.1. The molecule has 0 aromatic heterocycles. The van der Waals surface area contributed by atoms with E-state index in [4.69, 9.17) is 5.73 Å². The van der Waals surface area contributed by atoms with Crippen molar-refractivity contribution in [2.45, 2.75) is 13.5 Å². The first kappa shape index (κ1) is 12.1. The van der Waals surface area contributed by atoms with E-state index >= 15 is 0 Å². The number of rotatable bonds is 3. The van der Waals surface area contributed by atoms with Gasteiger partial charge in [0.1, 0.15) is 11.5 Å². The predicted octanol–water partition coefficient (Wildman–Crippen LogP) is 2.60. The normalized spacial score (nSPS) is 10.3. The van der Waals surface area contributed by atoms with Crippen LogP contribution in [0.4, 0.5) is 11.4 Å². The van der Waals surface area contributed by atoms with E-state index in [9.17, 15) is 10.2 Å². The van der Waals surface area contributed by atoms with Crippen LogP contribution in [0, 0.1) is 6.92 Å². The highest BCUT2D eigenvalue weighted by atomic mass is 16.3. The van der Waals surface area contributed by atoms with Gasteiger partial charge in [0.05, 0.1) is 0 Å². The quantitative estimate of drug-likeness (QED) is 0.626. The number of hydrogen-bond acceptors (Lipinski definition) is 4. The highest BCUT2D eigenvalue weighted by Gasteiger charge is 2.05. The lowest BCUT2D eigenvalue weighted by molar-refractivity contribution is 0.469. The first-order chi connectivity index (χ1) is 8.58. The highest BCUT2D eigenvalue weighted by Crippen LogP contribution is 2.25. The summed E-state index contributed by atoms with van der Waals surface area (Å²) in [5, 5.41) is 22.4. The second kappa shape index (κ2) is 4.87. The van der Waals surface area contributed by atoms with Crippen molar-refractivity contribution in [2.75, 3.05) is 11.1 Å². The number of nitrogens with two attached hydrogens (primary N) is 1. The van der Waals surface area contributed by atoms with E-state index in [0.717, 1.165) is 11.3 Å². The molecule has 4 nitrogen and oxygen atoms in total. The predicted molar refractivity (Wildman–Crippen MR) is 72.7 cm³/mol. The number of benzene rings is 2. The summed E-state index contributed by atoms with van der Waals surface area (Å²) in [6.07, 6.45) is 0. The van der Waals surface area contributed by atoms with Crippen LogP contribution in [0.3, 0.4) is 0 Å². The van der Waals surface area contributed by atoms with Crippen LogP contribution in [0.15, 0.2) is 36.4 Å². The Balaban J connectivity index is 2.14. The van der Waals surface area contributed by atoms with Gasteiger partial charge >= 0.3 is 0 Å². The van der Waals surface area contributed by atoms with E-state index in [2.05, 4.69) is 5.32 Å². The van der Waals surface area contributed by atoms with Gasteiger partial charge < -0.3 is 21.3 Å². The van der Waals surface area contributed by atoms with Gasteiger partial charge in [-0.2, -0.15) is 0 Å². The monoisotopic (exact) mass is 244 g/mol. The number of anilines is 2. The molecule has 94 valence electrons. The molecule has 18 heavy (non-hydrogen) atoms. The molecular formula is C14H16N2O2. The summed E-state index contributed by atoms with van der Waals surface area (Å²) in [5.74, 6) is 0.407. The number of aryl methyl sites for hydroxylation is 1. The Morgan fingerprint density at radius 1 is 1.11 bits per heavy atom. The van der Waals surface area contributed by atoms with Gasteiger partial charge in [0, 0.05) is 29.5 Å². The molecule has 0 heterocycles. The molecule has 5 N–H and O–H groups in total. The molecule has 0 saturated carbocycles. The lowest BCUT2D eigenvalue weighted by atomic mass is 10.1. The molecule has 0 amide bonds. The minimum Gasteiger partial charge on any atom is -0.508 e. The van der Waals surface area contributed by atoms with Gasteiger partial charge in [0.25, 0.3) is 0 Å². The number of phenolic OH excluding ortho intramolecular Hbond substituents is 2. The number of aromatic hydroxyl groups is 2. The van der Waals surface area contributed by atoms with Gasteiger partial charge in [-0.05, 0) is 30.7 Å². The Hall–Kier alpha value is -2.36. The maximum Gasteiger partial charge on any atom is 0.122 e. The topological polar surface area (TPSA) is 78.5 Å². The number of phenols is 2. The van der Waals surface area contributed by atoms with Crippen LogP contribution in [0.1, 0.15) is 11.1 Å². The first-order valence-electron chi connectivity index (χ1n) is 5.68. The maximum atomic E-state index is 9.70. The molecule has 0 radical (unpaired) electrons.